The van der Waals surface area contributed by atoms with Gasteiger partial charge in [0.2, 0.25) is 0 Å². The molecule has 0 saturated heterocycles. The summed E-state index contributed by atoms with van der Waals surface area (Å²) in [5.41, 5.74) is 2.58. The van der Waals surface area contributed by atoms with E-state index in [-0.39, 0.29) is 5.91 Å². The normalized spacial score (nSPS) is 10.6. The summed E-state index contributed by atoms with van der Waals surface area (Å²) in [5.74, 6) is 0.382. The van der Waals surface area contributed by atoms with Gasteiger partial charge in [0.15, 0.2) is 5.82 Å². The van der Waals surface area contributed by atoms with Crippen molar-refractivity contribution in [3.63, 3.8) is 0 Å². The molecule has 0 atom stereocenters. The number of rotatable bonds is 8. The van der Waals surface area contributed by atoms with Gasteiger partial charge < -0.3 is 10.6 Å². The summed E-state index contributed by atoms with van der Waals surface area (Å²) in [6, 6.07) is 11.1. The van der Waals surface area contributed by atoms with Gasteiger partial charge in [-0.3, -0.25) is 14.6 Å². The molecule has 3 aromatic rings. The van der Waals surface area contributed by atoms with Crippen LogP contribution in [0.25, 0.3) is 0 Å². The summed E-state index contributed by atoms with van der Waals surface area (Å²) in [5, 5.41) is 17.3. The number of aromatic amines is 1. The van der Waals surface area contributed by atoms with Gasteiger partial charge in [0, 0.05) is 41.9 Å². The highest BCUT2D eigenvalue weighted by Crippen LogP contribution is 2.12. The third-order valence-electron chi connectivity index (χ3n) is 3.77. The fourth-order valence-electron chi connectivity index (χ4n) is 2.50. The molecule has 1 amide bonds. The van der Waals surface area contributed by atoms with Crippen LogP contribution in [0.15, 0.2) is 48.8 Å². The van der Waals surface area contributed by atoms with Crippen molar-refractivity contribution >= 4 is 17.4 Å². The Morgan fingerprint density at radius 1 is 1.28 bits per heavy atom. The first-order valence-electron chi connectivity index (χ1n) is 8.41. The van der Waals surface area contributed by atoms with Gasteiger partial charge in [-0.15, -0.1) is 0 Å². The zero-order valence-electron chi connectivity index (χ0n) is 14.2. The van der Waals surface area contributed by atoms with Gasteiger partial charge in [0.1, 0.15) is 0 Å². The number of anilines is 2. The Bertz CT molecular complexity index is 791. The number of carbonyl (C=O) groups excluding carboxylic acids is 1. The SMILES string of the molecule is CCCc1cc(NC(=O)c2ccc(NCCn3cccn3)cc2)n[nH]1. The van der Waals surface area contributed by atoms with Crippen molar-refractivity contribution < 1.29 is 4.79 Å². The average Bonchev–Trinajstić information content (AvgIpc) is 3.28. The Morgan fingerprint density at radius 2 is 2.12 bits per heavy atom. The number of amides is 1. The highest BCUT2D eigenvalue weighted by Gasteiger charge is 2.08. The fraction of sp³-hybridized carbons (Fsp3) is 0.278. The van der Waals surface area contributed by atoms with Gasteiger partial charge in [-0.1, -0.05) is 13.3 Å². The molecule has 2 heterocycles. The fourth-order valence-corrected chi connectivity index (χ4v) is 2.50. The van der Waals surface area contributed by atoms with Crippen LogP contribution in [0.1, 0.15) is 29.4 Å². The number of aromatic nitrogens is 4. The van der Waals surface area contributed by atoms with Crippen LogP contribution in [-0.4, -0.2) is 32.4 Å². The molecule has 7 nitrogen and oxygen atoms in total. The molecule has 0 unspecified atom stereocenters. The van der Waals surface area contributed by atoms with Gasteiger partial charge in [-0.25, -0.2) is 0 Å². The number of nitrogens with one attached hydrogen (secondary N) is 3. The molecule has 0 aliphatic carbocycles. The van der Waals surface area contributed by atoms with Crippen molar-refractivity contribution in [2.45, 2.75) is 26.3 Å². The topological polar surface area (TPSA) is 87.6 Å². The van der Waals surface area contributed by atoms with E-state index in [1.807, 2.05) is 35.1 Å². The maximum absolute atomic E-state index is 12.3. The standard InChI is InChI=1S/C18H22N6O/c1-2-4-16-13-17(23-22-16)21-18(25)14-5-7-15(8-6-14)19-10-12-24-11-3-9-20-24/h3,5-9,11,13,19H,2,4,10,12H2,1H3,(H2,21,22,23,25). The predicted molar refractivity (Wildman–Crippen MR) is 97.7 cm³/mol. The quantitative estimate of drug-likeness (QED) is 0.589. The van der Waals surface area contributed by atoms with Crippen molar-refractivity contribution in [1.82, 2.24) is 20.0 Å². The lowest BCUT2D eigenvalue weighted by atomic mass is 10.2. The molecular formula is C18H22N6O. The highest BCUT2D eigenvalue weighted by molar-refractivity contribution is 6.03. The van der Waals surface area contributed by atoms with E-state index in [4.69, 9.17) is 0 Å². The van der Waals surface area contributed by atoms with E-state index in [1.165, 1.54) is 0 Å². The minimum atomic E-state index is -0.169. The summed E-state index contributed by atoms with van der Waals surface area (Å²) in [6.45, 7) is 3.65. The summed E-state index contributed by atoms with van der Waals surface area (Å²) in [6.07, 6.45) is 5.64. The van der Waals surface area contributed by atoms with E-state index in [1.54, 1.807) is 18.3 Å². The Morgan fingerprint density at radius 3 is 2.84 bits per heavy atom. The van der Waals surface area contributed by atoms with E-state index >= 15 is 0 Å². The summed E-state index contributed by atoms with van der Waals surface area (Å²) in [4.78, 5) is 12.3. The van der Waals surface area contributed by atoms with Gasteiger partial charge in [-0.05, 0) is 36.8 Å². The third-order valence-corrected chi connectivity index (χ3v) is 3.77. The molecule has 3 N–H and O–H groups in total. The van der Waals surface area contributed by atoms with E-state index < -0.39 is 0 Å². The Hall–Kier alpha value is -3.09. The zero-order valence-corrected chi connectivity index (χ0v) is 14.2. The van der Waals surface area contributed by atoms with Gasteiger partial charge in [0.05, 0.1) is 6.54 Å². The van der Waals surface area contributed by atoms with Gasteiger partial charge in [-0.2, -0.15) is 10.2 Å². The van der Waals surface area contributed by atoms with Gasteiger partial charge >= 0.3 is 0 Å². The molecule has 0 radical (unpaired) electrons. The molecule has 7 heteroatoms. The molecule has 0 aliphatic heterocycles. The number of H-pyrrole nitrogens is 1. The maximum atomic E-state index is 12.3. The lowest BCUT2D eigenvalue weighted by Gasteiger charge is -2.07. The highest BCUT2D eigenvalue weighted by atomic mass is 16.1. The first-order chi connectivity index (χ1) is 12.2. The molecule has 1 aromatic carbocycles. The molecule has 25 heavy (non-hydrogen) atoms. The van der Waals surface area contributed by atoms with Crippen LogP contribution in [0.5, 0.6) is 0 Å². The minimum absolute atomic E-state index is 0.169. The number of hydrogen-bond acceptors (Lipinski definition) is 4. The lowest BCUT2D eigenvalue weighted by Crippen LogP contribution is -2.13. The molecule has 2 aromatic heterocycles. The second kappa shape index (κ2) is 8.14. The van der Waals surface area contributed by atoms with Crippen LogP contribution in [0.3, 0.4) is 0 Å². The first-order valence-corrected chi connectivity index (χ1v) is 8.41. The lowest BCUT2D eigenvalue weighted by molar-refractivity contribution is 0.102. The van der Waals surface area contributed by atoms with Gasteiger partial charge in [0.25, 0.3) is 5.91 Å². The number of carbonyl (C=O) groups is 1. The molecule has 0 fully saturated rings. The monoisotopic (exact) mass is 338 g/mol. The number of nitrogens with zero attached hydrogens (tertiary/aromatic N) is 3. The van der Waals surface area contributed by atoms with E-state index in [0.29, 0.717) is 11.4 Å². The maximum Gasteiger partial charge on any atom is 0.256 e. The van der Waals surface area contributed by atoms with E-state index in [0.717, 1.165) is 37.3 Å². The number of benzene rings is 1. The predicted octanol–water partition coefficient (Wildman–Crippen LogP) is 2.92. The van der Waals surface area contributed by atoms with Crippen molar-refractivity contribution in [3.05, 3.63) is 60.0 Å². The van der Waals surface area contributed by atoms with Crippen LogP contribution < -0.4 is 10.6 Å². The van der Waals surface area contributed by atoms with Crippen molar-refractivity contribution in [3.8, 4) is 0 Å². The summed E-state index contributed by atoms with van der Waals surface area (Å²) < 4.78 is 1.87. The molecule has 0 bridgehead atoms. The van der Waals surface area contributed by atoms with Crippen LogP contribution >= 0.6 is 0 Å². The third kappa shape index (κ3) is 4.69. The van der Waals surface area contributed by atoms with Crippen LogP contribution in [-0.2, 0) is 13.0 Å². The first kappa shape index (κ1) is 16.8. The molecular weight excluding hydrogens is 316 g/mol. The second-order valence-electron chi connectivity index (χ2n) is 5.76. The van der Waals surface area contributed by atoms with Crippen LogP contribution in [0.4, 0.5) is 11.5 Å². The number of aryl methyl sites for hydroxylation is 1. The van der Waals surface area contributed by atoms with Crippen molar-refractivity contribution in [2.24, 2.45) is 0 Å². The van der Waals surface area contributed by atoms with Crippen LogP contribution in [0.2, 0.25) is 0 Å². The zero-order chi connectivity index (χ0) is 17.5. The Balaban J connectivity index is 1.51. The average molecular weight is 338 g/mol. The van der Waals surface area contributed by atoms with E-state index in [2.05, 4.69) is 32.9 Å². The summed E-state index contributed by atoms with van der Waals surface area (Å²) >= 11 is 0. The molecule has 130 valence electrons. The molecule has 0 spiro atoms. The smallest absolute Gasteiger partial charge is 0.256 e. The Labute approximate surface area is 146 Å². The minimum Gasteiger partial charge on any atom is -0.383 e. The second-order valence-corrected chi connectivity index (χ2v) is 5.76. The molecule has 0 aliphatic rings. The largest absolute Gasteiger partial charge is 0.383 e. The molecule has 0 saturated carbocycles. The molecule has 3 rings (SSSR count). The summed E-state index contributed by atoms with van der Waals surface area (Å²) in [7, 11) is 0. The number of hydrogen-bond donors (Lipinski definition) is 3. The van der Waals surface area contributed by atoms with E-state index in [9.17, 15) is 4.79 Å². The Kier molecular flexibility index (Phi) is 5.46. The van der Waals surface area contributed by atoms with Crippen molar-refractivity contribution in [1.29, 1.82) is 0 Å². The van der Waals surface area contributed by atoms with Crippen LogP contribution in [0, 0.1) is 0 Å². The van der Waals surface area contributed by atoms with Crippen molar-refractivity contribution in [2.75, 3.05) is 17.2 Å².